The monoisotopic (exact) mass is 323 g/mol. The van der Waals surface area contributed by atoms with Crippen LogP contribution in [0.25, 0.3) is 0 Å². The van der Waals surface area contributed by atoms with Crippen molar-refractivity contribution in [3.63, 3.8) is 0 Å². The van der Waals surface area contributed by atoms with E-state index in [1.54, 1.807) is 0 Å². The third kappa shape index (κ3) is 2.65. The maximum atomic E-state index is 12.6. The number of nitriles is 1. The zero-order chi connectivity index (χ0) is 17.4. The van der Waals surface area contributed by atoms with Crippen molar-refractivity contribution >= 4 is 11.5 Å². The molecule has 2 atom stereocenters. The number of carbonyl (C=O) groups excluding carboxylic acids is 1. The van der Waals surface area contributed by atoms with Gasteiger partial charge in [-0.25, -0.2) is 0 Å². The lowest BCUT2D eigenvalue weighted by Crippen LogP contribution is -2.29. The fourth-order valence-electron chi connectivity index (χ4n) is 3.39. The van der Waals surface area contributed by atoms with Gasteiger partial charge in [0.2, 0.25) is 5.88 Å². The number of hydrogen-bond donors (Lipinski definition) is 1. The number of benzene rings is 1. The van der Waals surface area contributed by atoms with Crippen molar-refractivity contribution in [1.82, 2.24) is 0 Å². The minimum atomic E-state index is -0.435. The second kappa shape index (κ2) is 6.04. The molecule has 2 N–H and O–H groups in total. The van der Waals surface area contributed by atoms with E-state index in [4.69, 9.17) is 10.5 Å². The largest absolute Gasteiger partial charge is 0.444 e. The standard InChI is InChI=1S/C19H21N3O2/c1-11-8-15(23)18-16(9-11)24-19(21)14(10-20)17(18)12-4-6-13(7-5-12)22(2)3/h4-7,11,17H,8-9,21H2,1-3H3/t11-,17-/m0/s1. The van der Waals surface area contributed by atoms with Gasteiger partial charge in [-0.2, -0.15) is 5.26 Å². The average molecular weight is 323 g/mol. The molecule has 0 saturated heterocycles. The Hall–Kier alpha value is -2.74. The highest BCUT2D eigenvalue weighted by molar-refractivity contribution is 5.99. The molecule has 1 aromatic rings. The van der Waals surface area contributed by atoms with Gasteiger partial charge in [0.05, 0.1) is 5.92 Å². The molecule has 0 aromatic heterocycles. The molecule has 0 radical (unpaired) electrons. The molecule has 3 rings (SSSR count). The number of rotatable bonds is 2. The lowest BCUT2D eigenvalue weighted by Gasteiger charge is -2.33. The molecule has 124 valence electrons. The molecular formula is C19H21N3O2. The maximum absolute atomic E-state index is 12.6. The van der Waals surface area contributed by atoms with Crippen molar-refractivity contribution in [2.75, 3.05) is 19.0 Å². The Morgan fingerprint density at radius 1 is 1.25 bits per heavy atom. The molecule has 0 unspecified atom stereocenters. The van der Waals surface area contributed by atoms with E-state index in [1.165, 1.54) is 0 Å². The molecule has 2 aliphatic rings. The Morgan fingerprint density at radius 3 is 2.50 bits per heavy atom. The summed E-state index contributed by atoms with van der Waals surface area (Å²) in [5.41, 5.74) is 8.82. The number of ketones is 1. The van der Waals surface area contributed by atoms with Gasteiger partial charge in [-0.1, -0.05) is 19.1 Å². The van der Waals surface area contributed by atoms with E-state index in [1.807, 2.05) is 50.2 Å². The van der Waals surface area contributed by atoms with Crippen LogP contribution >= 0.6 is 0 Å². The van der Waals surface area contributed by atoms with E-state index in [0.717, 1.165) is 11.3 Å². The van der Waals surface area contributed by atoms with Gasteiger partial charge in [-0.3, -0.25) is 4.79 Å². The van der Waals surface area contributed by atoms with Crippen molar-refractivity contribution in [3.05, 3.63) is 52.6 Å². The summed E-state index contributed by atoms with van der Waals surface area (Å²) in [6.45, 7) is 2.02. The Kier molecular flexibility index (Phi) is 4.06. The van der Waals surface area contributed by atoms with Crippen LogP contribution in [0.2, 0.25) is 0 Å². The first-order chi connectivity index (χ1) is 11.4. The smallest absolute Gasteiger partial charge is 0.205 e. The summed E-state index contributed by atoms with van der Waals surface area (Å²) in [6.07, 6.45) is 1.15. The number of anilines is 1. The summed E-state index contributed by atoms with van der Waals surface area (Å²) in [5, 5.41) is 9.55. The lowest BCUT2D eigenvalue weighted by atomic mass is 9.75. The molecular weight excluding hydrogens is 302 g/mol. The van der Waals surface area contributed by atoms with Gasteiger partial charge < -0.3 is 15.4 Å². The first kappa shape index (κ1) is 16.1. The summed E-state index contributed by atoms with van der Waals surface area (Å²) in [5.74, 6) is 0.571. The van der Waals surface area contributed by atoms with Gasteiger partial charge in [-0.15, -0.1) is 0 Å². The first-order valence-corrected chi connectivity index (χ1v) is 8.03. The van der Waals surface area contributed by atoms with Crippen molar-refractivity contribution in [1.29, 1.82) is 5.26 Å². The van der Waals surface area contributed by atoms with Gasteiger partial charge in [0.1, 0.15) is 17.4 Å². The molecule has 1 aromatic carbocycles. The molecule has 0 amide bonds. The quantitative estimate of drug-likeness (QED) is 0.905. The Labute approximate surface area is 142 Å². The summed E-state index contributed by atoms with van der Waals surface area (Å²) in [6, 6.07) is 9.99. The number of carbonyl (C=O) groups is 1. The minimum absolute atomic E-state index is 0.0469. The van der Waals surface area contributed by atoms with E-state index in [9.17, 15) is 10.1 Å². The zero-order valence-corrected chi connectivity index (χ0v) is 14.2. The Balaban J connectivity index is 2.11. The molecule has 1 aliphatic heterocycles. The topological polar surface area (TPSA) is 79.3 Å². The average Bonchev–Trinajstić information content (AvgIpc) is 2.53. The molecule has 0 spiro atoms. The van der Waals surface area contributed by atoms with Gasteiger partial charge in [0.25, 0.3) is 0 Å². The van der Waals surface area contributed by atoms with E-state index in [0.29, 0.717) is 29.7 Å². The predicted molar refractivity (Wildman–Crippen MR) is 91.9 cm³/mol. The van der Waals surface area contributed by atoms with Gasteiger partial charge in [-0.05, 0) is 23.6 Å². The van der Waals surface area contributed by atoms with Crippen molar-refractivity contribution in [2.45, 2.75) is 25.7 Å². The number of Topliss-reactive ketones (excluding diaryl/α,β-unsaturated/α-hetero) is 1. The number of allylic oxidation sites excluding steroid dienone is 3. The van der Waals surface area contributed by atoms with Crippen LogP contribution in [0.1, 0.15) is 31.2 Å². The molecule has 0 saturated carbocycles. The van der Waals surface area contributed by atoms with Crippen LogP contribution < -0.4 is 10.6 Å². The SMILES string of the molecule is C[C@H]1CC(=O)C2=C(C1)OC(N)=C(C#N)[C@@H]2c1ccc(N(C)C)cc1. The third-order valence-corrected chi connectivity index (χ3v) is 4.61. The number of ether oxygens (including phenoxy) is 1. The summed E-state index contributed by atoms with van der Waals surface area (Å²) in [7, 11) is 3.93. The third-order valence-electron chi connectivity index (χ3n) is 4.61. The molecule has 24 heavy (non-hydrogen) atoms. The fraction of sp³-hybridized carbons (Fsp3) is 0.368. The van der Waals surface area contributed by atoms with E-state index >= 15 is 0 Å². The van der Waals surface area contributed by atoms with Crippen molar-refractivity contribution in [2.24, 2.45) is 11.7 Å². The second-order valence-electron chi connectivity index (χ2n) is 6.68. The summed E-state index contributed by atoms with van der Waals surface area (Å²) >= 11 is 0. The zero-order valence-electron chi connectivity index (χ0n) is 14.2. The molecule has 0 bridgehead atoms. The van der Waals surface area contributed by atoms with Crippen LogP contribution in [-0.4, -0.2) is 19.9 Å². The van der Waals surface area contributed by atoms with Crippen LogP contribution in [-0.2, 0) is 9.53 Å². The van der Waals surface area contributed by atoms with Crippen molar-refractivity contribution in [3.8, 4) is 6.07 Å². The van der Waals surface area contributed by atoms with Crippen LogP contribution in [0.3, 0.4) is 0 Å². The number of hydrogen-bond acceptors (Lipinski definition) is 5. The van der Waals surface area contributed by atoms with Crippen molar-refractivity contribution < 1.29 is 9.53 Å². The summed E-state index contributed by atoms with van der Waals surface area (Å²) < 4.78 is 5.63. The normalized spacial score (nSPS) is 23.5. The van der Waals surface area contributed by atoms with Gasteiger partial charge >= 0.3 is 0 Å². The predicted octanol–water partition coefficient (Wildman–Crippen LogP) is 2.81. The molecule has 5 nitrogen and oxygen atoms in total. The summed E-state index contributed by atoms with van der Waals surface area (Å²) in [4.78, 5) is 14.6. The van der Waals surface area contributed by atoms with Crippen LogP contribution in [0.15, 0.2) is 47.1 Å². The van der Waals surface area contributed by atoms with Crippen LogP contribution in [0.4, 0.5) is 5.69 Å². The number of nitrogens with two attached hydrogens (primary N) is 1. The molecule has 0 fully saturated rings. The second-order valence-corrected chi connectivity index (χ2v) is 6.68. The lowest BCUT2D eigenvalue weighted by molar-refractivity contribution is -0.117. The maximum Gasteiger partial charge on any atom is 0.205 e. The minimum Gasteiger partial charge on any atom is -0.444 e. The Morgan fingerprint density at radius 2 is 1.92 bits per heavy atom. The number of nitrogens with zero attached hydrogens (tertiary/aromatic N) is 2. The van der Waals surface area contributed by atoms with E-state index in [-0.39, 0.29) is 17.6 Å². The van der Waals surface area contributed by atoms with E-state index < -0.39 is 5.92 Å². The highest BCUT2D eigenvalue weighted by Gasteiger charge is 2.39. The molecule has 1 heterocycles. The highest BCUT2D eigenvalue weighted by atomic mass is 16.5. The van der Waals surface area contributed by atoms with Gasteiger partial charge in [0.15, 0.2) is 5.78 Å². The highest BCUT2D eigenvalue weighted by Crippen LogP contribution is 2.44. The van der Waals surface area contributed by atoms with Gasteiger partial charge in [0, 0.05) is 38.2 Å². The Bertz CT molecular complexity index is 782. The van der Waals surface area contributed by atoms with Crippen LogP contribution in [0, 0.1) is 17.2 Å². The van der Waals surface area contributed by atoms with Crippen LogP contribution in [0.5, 0.6) is 0 Å². The first-order valence-electron chi connectivity index (χ1n) is 8.03. The van der Waals surface area contributed by atoms with E-state index in [2.05, 4.69) is 6.07 Å². The fourth-order valence-corrected chi connectivity index (χ4v) is 3.39. The molecule has 5 heteroatoms. The molecule has 1 aliphatic carbocycles.